The second-order valence-corrected chi connectivity index (χ2v) is 5.88. The minimum Gasteiger partial charge on any atom is -0.497 e. The summed E-state index contributed by atoms with van der Waals surface area (Å²) in [6, 6.07) is 11.0. The third-order valence-electron chi connectivity index (χ3n) is 3.86. The summed E-state index contributed by atoms with van der Waals surface area (Å²) in [5.41, 5.74) is 1.60. The Kier molecular flexibility index (Phi) is 7.23. The Morgan fingerprint density at radius 1 is 1.27 bits per heavy atom. The number of ether oxygens (including phenoxy) is 2. The van der Waals surface area contributed by atoms with Crippen LogP contribution in [0.2, 0.25) is 0 Å². The summed E-state index contributed by atoms with van der Waals surface area (Å²) < 4.78 is 10.7. The van der Waals surface area contributed by atoms with Gasteiger partial charge in [-0.1, -0.05) is 12.1 Å². The molecule has 0 aliphatic rings. The van der Waals surface area contributed by atoms with Crippen molar-refractivity contribution < 1.29 is 14.3 Å². The molecule has 1 atom stereocenters. The molecule has 0 fully saturated rings. The maximum Gasteiger partial charge on any atom is 0.319 e. The highest BCUT2D eigenvalue weighted by molar-refractivity contribution is 5.90. The van der Waals surface area contributed by atoms with E-state index >= 15 is 0 Å². The number of amides is 2. The van der Waals surface area contributed by atoms with Crippen LogP contribution in [0.25, 0.3) is 0 Å². The number of nitrogens with one attached hydrogen (secondary N) is 2. The van der Waals surface area contributed by atoms with E-state index in [0.717, 1.165) is 11.3 Å². The van der Waals surface area contributed by atoms with Gasteiger partial charge in [0.25, 0.3) is 0 Å². The Morgan fingerprint density at radius 3 is 2.77 bits per heavy atom. The fourth-order valence-corrected chi connectivity index (χ4v) is 2.54. The lowest BCUT2D eigenvalue weighted by Gasteiger charge is -2.25. The number of benzene rings is 1. The average Bonchev–Trinajstić information content (AvgIpc) is 2.63. The summed E-state index contributed by atoms with van der Waals surface area (Å²) in [4.78, 5) is 18.5. The number of nitrogens with zero attached hydrogens (tertiary/aromatic N) is 2. The predicted molar refractivity (Wildman–Crippen MR) is 102 cm³/mol. The summed E-state index contributed by atoms with van der Waals surface area (Å²) in [6.45, 7) is 2.79. The van der Waals surface area contributed by atoms with E-state index in [1.165, 1.54) is 0 Å². The molecule has 2 N–H and O–H groups in total. The first-order chi connectivity index (χ1) is 12.5. The molecule has 1 aromatic carbocycles. The number of likely N-dealkylation sites (N-methyl/N-ethyl adjacent to an activating group) is 1. The number of methoxy groups -OCH3 is 1. The number of rotatable bonds is 8. The van der Waals surface area contributed by atoms with Crippen molar-refractivity contribution in [1.82, 2.24) is 15.2 Å². The molecule has 0 aliphatic carbocycles. The highest BCUT2D eigenvalue weighted by Gasteiger charge is 2.16. The van der Waals surface area contributed by atoms with Crippen LogP contribution in [-0.4, -0.2) is 50.3 Å². The van der Waals surface area contributed by atoms with Gasteiger partial charge >= 0.3 is 6.03 Å². The molecule has 2 rings (SSSR count). The molecule has 26 heavy (non-hydrogen) atoms. The zero-order valence-electron chi connectivity index (χ0n) is 15.7. The Bertz CT molecular complexity index is 721. The van der Waals surface area contributed by atoms with E-state index in [4.69, 9.17) is 9.47 Å². The van der Waals surface area contributed by atoms with Crippen molar-refractivity contribution in [2.24, 2.45) is 0 Å². The van der Waals surface area contributed by atoms with E-state index in [2.05, 4.69) is 15.6 Å². The molecule has 0 radical (unpaired) electrons. The van der Waals surface area contributed by atoms with Gasteiger partial charge in [0.2, 0.25) is 5.88 Å². The summed E-state index contributed by atoms with van der Waals surface area (Å²) >= 11 is 0. The average molecular weight is 358 g/mol. The van der Waals surface area contributed by atoms with Gasteiger partial charge in [0, 0.05) is 12.7 Å². The van der Waals surface area contributed by atoms with Gasteiger partial charge in [-0.25, -0.2) is 9.78 Å². The van der Waals surface area contributed by atoms with Crippen LogP contribution in [-0.2, 0) is 0 Å². The Labute approximate surface area is 154 Å². The molecule has 0 saturated carbocycles. The van der Waals surface area contributed by atoms with Gasteiger partial charge in [-0.3, -0.25) is 0 Å². The van der Waals surface area contributed by atoms with E-state index in [0.29, 0.717) is 24.7 Å². The van der Waals surface area contributed by atoms with Crippen LogP contribution in [0.15, 0.2) is 42.6 Å². The molecule has 0 spiro atoms. The smallest absolute Gasteiger partial charge is 0.319 e. The quantitative estimate of drug-likeness (QED) is 0.759. The number of hydrogen-bond donors (Lipinski definition) is 2. The summed E-state index contributed by atoms with van der Waals surface area (Å²) in [6.07, 6.45) is 1.62. The molecule has 140 valence electrons. The molecular weight excluding hydrogens is 332 g/mol. The number of urea groups is 1. The Balaban J connectivity index is 2.01. The van der Waals surface area contributed by atoms with E-state index in [1.807, 2.05) is 50.2 Å². The van der Waals surface area contributed by atoms with Gasteiger partial charge < -0.3 is 25.0 Å². The number of anilines is 1. The molecule has 0 saturated heterocycles. The molecule has 0 unspecified atom stereocenters. The van der Waals surface area contributed by atoms with E-state index in [1.54, 1.807) is 25.4 Å². The molecular formula is C19H26N4O3. The second kappa shape index (κ2) is 9.62. The largest absolute Gasteiger partial charge is 0.497 e. The van der Waals surface area contributed by atoms with Gasteiger partial charge in [0.05, 0.1) is 19.8 Å². The number of hydrogen-bond acceptors (Lipinski definition) is 5. The highest BCUT2D eigenvalue weighted by atomic mass is 16.5. The van der Waals surface area contributed by atoms with Gasteiger partial charge in [-0.2, -0.15) is 0 Å². The maximum atomic E-state index is 12.3. The first-order valence-electron chi connectivity index (χ1n) is 8.48. The SMILES string of the molecule is CCOc1ncccc1NC(=O)NC[C@H](c1cccc(OC)c1)N(C)C. The van der Waals surface area contributed by atoms with E-state index < -0.39 is 0 Å². The van der Waals surface area contributed by atoms with Crippen LogP contribution in [0.3, 0.4) is 0 Å². The summed E-state index contributed by atoms with van der Waals surface area (Å²) in [5.74, 6) is 1.19. The van der Waals surface area contributed by atoms with Crippen LogP contribution in [0.4, 0.5) is 10.5 Å². The van der Waals surface area contributed by atoms with Gasteiger partial charge in [-0.05, 0) is 50.8 Å². The fourth-order valence-electron chi connectivity index (χ4n) is 2.54. The summed E-state index contributed by atoms with van der Waals surface area (Å²) in [7, 11) is 5.58. The van der Waals surface area contributed by atoms with Gasteiger partial charge in [0.15, 0.2) is 0 Å². The van der Waals surface area contributed by atoms with Gasteiger partial charge in [0.1, 0.15) is 11.4 Å². The maximum absolute atomic E-state index is 12.3. The Hall–Kier alpha value is -2.80. The number of pyridine rings is 1. The minimum atomic E-state index is -0.311. The monoisotopic (exact) mass is 358 g/mol. The fraction of sp³-hybridized carbons (Fsp3) is 0.368. The van der Waals surface area contributed by atoms with Crippen molar-refractivity contribution in [3.05, 3.63) is 48.2 Å². The number of carbonyl (C=O) groups is 1. The molecule has 7 nitrogen and oxygen atoms in total. The molecule has 0 aliphatic heterocycles. The highest BCUT2D eigenvalue weighted by Crippen LogP contribution is 2.23. The molecule has 1 aromatic heterocycles. The zero-order valence-corrected chi connectivity index (χ0v) is 15.7. The molecule has 2 amide bonds. The first kappa shape index (κ1) is 19.5. The first-order valence-corrected chi connectivity index (χ1v) is 8.48. The molecule has 0 bridgehead atoms. The third kappa shape index (κ3) is 5.35. The number of carbonyl (C=O) groups excluding carboxylic acids is 1. The van der Waals surface area contributed by atoms with Gasteiger partial charge in [-0.15, -0.1) is 0 Å². The topological polar surface area (TPSA) is 75.7 Å². The molecule has 1 heterocycles. The van der Waals surface area contributed by atoms with E-state index in [-0.39, 0.29) is 12.1 Å². The molecule has 2 aromatic rings. The lowest BCUT2D eigenvalue weighted by Crippen LogP contribution is -2.37. The standard InChI is InChI=1S/C19H26N4O3/c1-5-26-18-16(10-7-11-20-18)22-19(24)21-13-17(23(2)3)14-8-6-9-15(12-14)25-4/h6-12,17H,5,13H2,1-4H3,(H2,21,22,24)/t17-/m1/s1. The van der Waals surface area contributed by atoms with Crippen molar-refractivity contribution in [2.45, 2.75) is 13.0 Å². The normalized spacial score (nSPS) is 11.7. The van der Waals surface area contributed by atoms with E-state index in [9.17, 15) is 4.79 Å². The predicted octanol–water partition coefficient (Wildman–Crippen LogP) is 2.91. The van der Waals surface area contributed by atoms with Crippen molar-refractivity contribution in [1.29, 1.82) is 0 Å². The van der Waals surface area contributed by atoms with Crippen LogP contribution >= 0.6 is 0 Å². The lowest BCUT2D eigenvalue weighted by molar-refractivity contribution is 0.243. The van der Waals surface area contributed by atoms with Crippen LogP contribution in [0.5, 0.6) is 11.6 Å². The third-order valence-corrected chi connectivity index (χ3v) is 3.86. The Morgan fingerprint density at radius 2 is 2.08 bits per heavy atom. The van der Waals surface area contributed by atoms with Crippen LogP contribution in [0, 0.1) is 0 Å². The second-order valence-electron chi connectivity index (χ2n) is 5.88. The molecule has 7 heteroatoms. The van der Waals surface area contributed by atoms with Crippen molar-refractivity contribution >= 4 is 11.7 Å². The van der Waals surface area contributed by atoms with Crippen LogP contribution < -0.4 is 20.1 Å². The van der Waals surface area contributed by atoms with Crippen molar-refractivity contribution in [3.8, 4) is 11.6 Å². The van der Waals surface area contributed by atoms with Crippen LogP contribution in [0.1, 0.15) is 18.5 Å². The zero-order chi connectivity index (χ0) is 18.9. The summed E-state index contributed by atoms with van der Waals surface area (Å²) in [5, 5.41) is 5.68. The minimum absolute atomic E-state index is 0.0103. The lowest BCUT2D eigenvalue weighted by atomic mass is 10.1. The van der Waals surface area contributed by atoms with Crippen molar-refractivity contribution in [2.75, 3.05) is 39.7 Å². The van der Waals surface area contributed by atoms with Crippen molar-refractivity contribution in [3.63, 3.8) is 0 Å². The number of aromatic nitrogens is 1.